The molecule has 0 aliphatic carbocycles. The van der Waals surface area contributed by atoms with Crippen molar-refractivity contribution in [2.24, 2.45) is 0 Å². The number of rotatable bonds is 5. The smallest absolute Gasteiger partial charge is 0.200 e. The largest absolute Gasteiger partial charge is 0.390 e. The van der Waals surface area contributed by atoms with E-state index in [1.165, 1.54) is 13.8 Å². The van der Waals surface area contributed by atoms with Crippen molar-refractivity contribution in [1.82, 2.24) is 0 Å². The monoisotopic (exact) mass is 308 g/mol. The van der Waals surface area contributed by atoms with E-state index in [1.54, 1.807) is 0 Å². The molecule has 0 heterocycles. The third-order valence-corrected chi connectivity index (χ3v) is 2.72. The van der Waals surface area contributed by atoms with E-state index >= 15 is 0 Å². The van der Waals surface area contributed by atoms with Crippen molar-refractivity contribution in [2.75, 3.05) is 6.61 Å². The fourth-order valence-electron chi connectivity index (χ4n) is 1.47. The van der Waals surface area contributed by atoms with Crippen molar-refractivity contribution in [1.29, 1.82) is 0 Å². The highest BCUT2D eigenvalue weighted by Gasteiger charge is 2.27. The van der Waals surface area contributed by atoms with Crippen molar-refractivity contribution in [3.05, 3.63) is 34.6 Å². The standard InChI is InChI=1S/C14H13F5O2/c1-4-14(2,3)21-6-7(20)5-8-9(15)11(17)13(19)12(18)10(8)16/h1,7,20H,5-6H2,2-3H3. The molecule has 1 atom stereocenters. The summed E-state index contributed by atoms with van der Waals surface area (Å²) < 4.78 is 70.7. The highest BCUT2D eigenvalue weighted by atomic mass is 19.2. The van der Waals surface area contributed by atoms with Crippen molar-refractivity contribution in [2.45, 2.75) is 32.0 Å². The molecule has 0 fully saturated rings. The fourth-order valence-corrected chi connectivity index (χ4v) is 1.47. The van der Waals surface area contributed by atoms with Gasteiger partial charge in [0.2, 0.25) is 5.82 Å². The molecule has 0 aliphatic rings. The average Bonchev–Trinajstić information content (AvgIpc) is 2.45. The second-order valence-corrected chi connectivity index (χ2v) is 4.87. The SMILES string of the molecule is C#CC(C)(C)OCC(O)Cc1c(F)c(F)c(F)c(F)c1F. The van der Waals surface area contributed by atoms with Crippen LogP contribution in [-0.2, 0) is 11.2 Å². The molecule has 0 aromatic heterocycles. The minimum absolute atomic E-state index is 0.420. The van der Waals surface area contributed by atoms with Crippen LogP contribution in [0.2, 0.25) is 0 Å². The number of terminal acetylenes is 1. The summed E-state index contributed by atoms with van der Waals surface area (Å²) in [6.45, 7) is 2.60. The van der Waals surface area contributed by atoms with Crippen LogP contribution in [0.25, 0.3) is 0 Å². The van der Waals surface area contributed by atoms with Gasteiger partial charge in [0.25, 0.3) is 0 Å². The highest BCUT2D eigenvalue weighted by Crippen LogP contribution is 2.24. The summed E-state index contributed by atoms with van der Waals surface area (Å²) in [6, 6.07) is 0. The molecule has 0 aliphatic heterocycles. The highest BCUT2D eigenvalue weighted by molar-refractivity contribution is 5.24. The minimum Gasteiger partial charge on any atom is -0.390 e. The molecule has 7 heteroatoms. The molecule has 1 N–H and O–H groups in total. The predicted molar refractivity (Wildman–Crippen MR) is 64.8 cm³/mol. The normalized spacial score (nSPS) is 13.1. The summed E-state index contributed by atoms with van der Waals surface area (Å²) in [7, 11) is 0. The van der Waals surface area contributed by atoms with Gasteiger partial charge in [0.15, 0.2) is 23.3 Å². The van der Waals surface area contributed by atoms with Crippen LogP contribution in [-0.4, -0.2) is 23.4 Å². The number of aliphatic hydroxyl groups is 1. The summed E-state index contributed by atoms with van der Waals surface area (Å²) in [4.78, 5) is 0. The van der Waals surface area contributed by atoms with Crippen LogP contribution in [0.15, 0.2) is 0 Å². The van der Waals surface area contributed by atoms with Crippen LogP contribution in [0.3, 0.4) is 0 Å². The molecule has 1 aromatic carbocycles. The molecule has 2 nitrogen and oxygen atoms in total. The zero-order valence-corrected chi connectivity index (χ0v) is 11.3. The van der Waals surface area contributed by atoms with Gasteiger partial charge in [-0.1, -0.05) is 5.92 Å². The third kappa shape index (κ3) is 3.93. The molecular weight excluding hydrogens is 295 g/mol. The van der Waals surface area contributed by atoms with Crippen molar-refractivity contribution in [3.8, 4) is 12.3 Å². The summed E-state index contributed by atoms with van der Waals surface area (Å²) in [5.41, 5.74) is -2.13. The summed E-state index contributed by atoms with van der Waals surface area (Å²) in [5, 5.41) is 9.60. The van der Waals surface area contributed by atoms with Crippen LogP contribution in [0, 0.1) is 41.4 Å². The zero-order valence-electron chi connectivity index (χ0n) is 11.3. The molecule has 1 rings (SSSR count). The molecule has 0 saturated carbocycles. The predicted octanol–water partition coefficient (Wildman–Crippen LogP) is 2.71. The van der Waals surface area contributed by atoms with Crippen LogP contribution in [0.5, 0.6) is 0 Å². The quantitative estimate of drug-likeness (QED) is 0.392. The van der Waals surface area contributed by atoms with Gasteiger partial charge in [-0.3, -0.25) is 0 Å². The lowest BCUT2D eigenvalue weighted by Crippen LogP contribution is -2.29. The van der Waals surface area contributed by atoms with Crippen molar-refractivity contribution in [3.63, 3.8) is 0 Å². The van der Waals surface area contributed by atoms with E-state index in [1.807, 2.05) is 0 Å². The topological polar surface area (TPSA) is 29.5 Å². The molecule has 116 valence electrons. The molecule has 1 aromatic rings. The first-order valence-electron chi connectivity index (χ1n) is 5.90. The average molecular weight is 308 g/mol. The van der Waals surface area contributed by atoms with Crippen molar-refractivity contribution < 1.29 is 31.8 Å². The van der Waals surface area contributed by atoms with Gasteiger partial charge in [0.1, 0.15) is 5.60 Å². The maximum atomic E-state index is 13.4. The Balaban J connectivity index is 2.92. The Hall–Kier alpha value is -1.65. The summed E-state index contributed by atoms with van der Waals surface area (Å²) in [6.07, 6.45) is 2.85. The molecule has 0 radical (unpaired) electrons. The van der Waals surface area contributed by atoms with E-state index in [-0.39, 0.29) is 0 Å². The van der Waals surface area contributed by atoms with Crippen molar-refractivity contribution >= 4 is 0 Å². The van der Waals surface area contributed by atoms with Gasteiger partial charge >= 0.3 is 0 Å². The first-order valence-corrected chi connectivity index (χ1v) is 5.90. The maximum Gasteiger partial charge on any atom is 0.200 e. The van der Waals surface area contributed by atoms with E-state index < -0.39 is 59.4 Å². The summed E-state index contributed by atoms with van der Waals surface area (Å²) >= 11 is 0. The lowest BCUT2D eigenvalue weighted by atomic mass is 10.1. The van der Waals surface area contributed by atoms with Gasteiger partial charge in [-0.05, 0) is 13.8 Å². The molecular formula is C14H13F5O2. The van der Waals surface area contributed by atoms with E-state index in [0.29, 0.717) is 0 Å². The number of aliphatic hydroxyl groups excluding tert-OH is 1. The van der Waals surface area contributed by atoms with E-state index in [2.05, 4.69) is 5.92 Å². The number of halogens is 5. The number of benzene rings is 1. The molecule has 0 bridgehead atoms. The Bertz CT molecular complexity index is 549. The van der Waals surface area contributed by atoms with Gasteiger partial charge < -0.3 is 9.84 Å². The third-order valence-electron chi connectivity index (χ3n) is 2.72. The van der Waals surface area contributed by atoms with E-state index in [0.717, 1.165) is 0 Å². The second-order valence-electron chi connectivity index (χ2n) is 4.87. The summed E-state index contributed by atoms with van der Waals surface area (Å²) in [5.74, 6) is -8.04. The molecule has 0 saturated heterocycles. The van der Waals surface area contributed by atoms with Crippen LogP contribution >= 0.6 is 0 Å². The maximum absolute atomic E-state index is 13.4. The Morgan fingerprint density at radius 1 is 1.05 bits per heavy atom. The molecule has 21 heavy (non-hydrogen) atoms. The zero-order chi connectivity index (χ0) is 16.4. The number of hydrogen-bond donors (Lipinski definition) is 1. The molecule has 1 unspecified atom stereocenters. The van der Waals surface area contributed by atoms with Crippen LogP contribution < -0.4 is 0 Å². The molecule has 0 spiro atoms. The van der Waals surface area contributed by atoms with Gasteiger partial charge in [-0.15, -0.1) is 6.42 Å². The van der Waals surface area contributed by atoms with E-state index in [9.17, 15) is 27.1 Å². The minimum atomic E-state index is -2.24. The fraction of sp³-hybridized carbons (Fsp3) is 0.429. The van der Waals surface area contributed by atoms with E-state index in [4.69, 9.17) is 11.2 Å². The van der Waals surface area contributed by atoms with Gasteiger partial charge in [-0.25, -0.2) is 22.0 Å². The lowest BCUT2D eigenvalue weighted by Gasteiger charge is -2.21. The van der Waals surface area contributed by atoms with Gasteiger partial charge in [-0.2, -0.15) is 0 Å². The Labute approximate surface area is 118 Å². The number of hydrogen-bond acceptors (Lipinski definition) is 2. The second kappa shape index (κ2) is 6.41. The van der Waals surface area contributed by atoms with Gasteiger partial charge in [0, 0.05) is 12.0 Å². The Kier molecular flexibility index (Phi) is 5.31. The van der Waals surface area contributed by atoms with Crippen LogP contribution in [0.4, 0.5) is 22.0 Å². The van der Waals surface area contributed by atoms with Gasteiger partial charge in [0.05, 0.1) is 12.7 Å². The van der Waals surface area contributed by atoms with Crippen LogP contribution in [0.1, 0.15) is 19.4 Å². The Morgan fingerprint density at radius 2 is 1.48 bits per heavy atom. The number of ether oxygens (including phenoxy) is 1. The first-order chi connectivity index (χ1) is 9.60. The lowest BCUT2D eigenvalue weighted by molar-refractivity contribution is -0.0277. The Morgan fingerprint density at radius 3 is 1.90 bits per heavy atom. The first kappa shape index (κ1) is 17.4. The molecule has 0 amide bonds.